The molecule has 0 aromatic rings. The maximum atomic E-state index is 11.5. The summed E-state index contributed by atoms with van der Waals surface area (Å²) < 4.78 is 0. The van der Waals surface area contributed by atoms with Gasteiger partial charge < -0.3 is 10.2 Å². The molecule has 74 valence electrons. The number of rotatable bonds is 4. The summed E-state index contributed by atoms with van der Waals surface area (Å²) >= 11 is 0. The molecule has 0 saturated carbocycles. The largest absolute Gasteiger partial charge is 0.343 e. The number of nitrogens with one attached hydrogen (secondary N) is 1. The molecule has 0 aromatic carbocycles. The molecular weight excluding hydrogens is 166 g/mol. The van der Waals surface area contributed by atoms with E-state index in [4.69, 9.17) is 5.26 Å². The maximum Gasteiger partial charge on any atom is 0.239 e. The number of nitriles is 1. The molecule has 2 atom stereocenters. The Labute approximate surface area is 79.5 Å². The molecule has 4 nitrogen and oxygen atoms in total. The third kappa shape index (κ3) is 3.90. The Morgan fingerprint density at radius 1 is 1.62 bits per heavy atom. The van der Waals surface area contributed by atoms with Crippen LogP contribution in [0, 0.1) is 17.2 Å². The Morgan fingerprint density at radius 3 is 2.54 bits per heavy atom. The summed E-state index contributed by atoms with van der Waals surface area (Å²) in [6, 6.07) is 1.91. The first-order chi connectivity index (χ1) is 6.02. The number of nitrogens with zero attached hydrogens (tertiary/aromatic N) is 2. The van der Waals surface area contributed by atoms with Gasteiger partial charge >= 0.3 is 0 Å². The summed E-state index contributed by atoms with van der Waals surface area (Å²) in [6.45, 7) is 4.09. The lowest BCUT2D eigenvalue weighted by molar-refractivity contribution is -0.131. The van der Waals surface area contributed by atoms with Crippen molar-refractivity contribution in [3.8, 4) is 6.07 Å². The Hall–Kier alpha value is -1.08. The molecular formula is C9H17N3O. The highest BCUT2D eigenvalue weighted by atomic mass is 16.2. The van der Waals surface area contributed by atoms with Crippen molar-refractivity contribution in [2.75, 3.05) is 20.6 Å². The first-order valence-corrected chi connectivity index (χ1v) is 4.34. The second kappa shape index (κ2) is 5.55. The van der Waals surface area contributed by atoms with Gasteiger partial charge in [-0.1, -0.05) is 0 Å². The zero-order valence-electron chi connectivity index (χ0n) is 8.66. The van der Waals surface area contributed by atoms with Gasteiger partial charge in [0.2, 0.25) is 5.91 Å². The molecule has 0 heterocycles. The highest BCUT2D eigenvalue weighted by molar-refractivity contribution is 5.81. The fourth-order valence-corrected chi connectivity index (χ4v) is 0.996. The minimum atomic E-state index is -0.184. The van der Waals surface area contributed by atoms with E-state index in [2.05, 4.69) is 11.4 Å². The Balaban J connectivity index is 4.05. The van der Waals surface area contributed by atoms with E-state index < -0.39 is 0 Å². The molecule has 1 N–H and O–H groups in total. The Morgan fingerprint density at radius 2 is 2.15 bits per heavy atom. The van der Waals surface area contributed by atoms with E-state index in [1.807, 2.05) is 0 Å². The van der Waals surface area contributed by atoms with Gasteiger partial charge in [-0.25, -0.2) is 0 Å². The lowest BCUT2D eigenvalue weighted by Crippen LogP contribution is -2.43. The van der Waals surface area contributed by atoms with Crippen LogP contribution < -0.4 is 5.32 Å². The van der Waals surface area contributed by atoms with Crippen LogP contribution in [0.25, 0.3) is 0 Å². The molecule has 2 unspecified atom stereocenters. The van der Waals surface area contributed by atoms with Crippen LogP contribution in [-0.2, 0) is 4.79 Å². The van der Waals surface area contributed by atoms with E-state index >= 15 is 0 Å². The fraction of sp³-hybridized carbons (Fsp3) is 0.778. The molecule has 0 spiro atoms. The van der Waals surface area contributed by atoms with Crippen LogP contribution in [0.4, 0.5) is 0 Å². The summed E-state index contributed by atoms with van der Waals surface area (Å²) in [7, 11) is 3.45. The van der Waals surface area contributed by atoms with Crippen LogP contribution in [0.5, 0.6) is 0 Å². The smallest absolute Gasteiger partial charge is 0.239 e. The molecule has 0 aliphatic rings. The number of amides is 1. The van der Waals surface area contributed by atoms with E-state index in [1.54, 1.807) is 32.8 Å². The van der Waals surface area contributed by atoms with Crippen molar-refractivity contribution < 1.29 is 4.79 Å². The van der Waals surface area contributed by atoms with Crippen molar-refractivity contribution in [1.82, 2.24) is 10.2 Å². The normalized spacial score (nSPS) is 14.4. The molecule has 0 saturated heterocycles. The highest BCUT2D eigenvalue weighted by Gasteiger charge is 2.16. The second-order valence-electron chi connectivity index (χ2n) is 3.26. The third-order valence-corrected chi connectivity index (χ3v) is 1.95. The van der Waals surface area contributed by atoms with Gasteiger partial charge in [-0.3, -0.25) is 4.79 Å². The van der Waals surface area contributed by atoms with E-state index in [9.17, 15) is 4.79 Å². The van der Waals surface area contributed by atoms with Crippen LogP contribution in [0.2, 0.25) is 0 Å². The van der Waals surface area contributed by atoms with Gasteiger partial charge in [-0.05, 0) is 20.9 Å². The summed E-state index contributed by atoms with van der Waals surface area (Å²) in [5.41, 5.74) is 0. The van der Waals surface area contributed by atoms with E-state index in [1.165, 1.54) is 0 Å². The van der Waals surface area contributed by atoms with Crippen LogP contribution >= 0.6 is 0 Å². The van der Waals surface area contributed by atoms with Crippen LogP contribution in [0.1, 0.15) is 13.8 Å². The van der Waals surface area contributed by atoms with Gasteiger partial charge in [0.25, 0.3) is 0 Å². The van der Waals surface area contributed by atoms with Crippen molar-refractivity contribution in [2.24, 2.45) is 5.92 Å². The molecule has 0 fully saturated rings. The van der Waals surface area contributed by atoms with E-state index in [0.29, 0.717) is 6.54 Å². The summed E-state index contributed by atoms with van der Waals surface area (Å²) in [5, 5.41) is 11.4. The van der Waals surface area contributed by atoms with E-state index in [-0.39, 0.29) is 17.9 Å². The summed E-state index contributed by atoms with van der Waals surface area (Å²) in [5.74, 6) is -0.0948. The number of hydrogen-bond donors (Lipinski definition) is 1. The Bertz CT molecular complexity index is 209. The lowest BCUT2D eigenvalue weighted by atomic mass is 10.2. The van der Waals surface area contributed by atoms with Crippen molar-refractivity contribution in [3.63, 3.8) is 0 Å². The average Bonchev–Trinajstić information content (AvgIpc) is 2.14. The molecule has 0 aliphatic carbocycles. The van der Waals surface area contributed by atoms with Crippen molar-refractivity contribution in [2.45, 2.75) is 19.9 Å². The van der Waals surface area contributed by atoms with Gasteiger partial charge in [0.05, 0.1) is 18.0 Å². The number of hydrogen-bond acceptors (Lipinski definition) is 3. The van der Waals surface area contributed by atoms with Crippen molar-refractivity contribution >= 4 is 5.91 Å². The fourth-order valence-electron chi connectivity index (χ4n) is 0.996. The summed E-state index contributed by atoms with van der Waals surface area (Å²) in [6.07, 6.45) is 0. The number of carbonyl (C=O) groups excluding carboxylic acids is 1. The second-order valence-corrected chi connectivity index (χ2v) is 3.26. The minimum absolute atomic E-state index is 0.0181. The predicted molar refractivity (Wildman–Crippen MR) is 50.9 cm³/mol. The van der Waals surface area contributed by atoms with Gasteiger partial charge in [0, 0.05) is 13.6 Å². The van der Waals surface area contributed by atoms with Crippen molar-refractivity contribution in [3.05, 3.63) is 0 Å². The zero-order valence-corrected chi connectivity index (χ0v) is 8.66. The predicted octanol–water partition coefficient (Wildman–Crippen LogP) is 0.212. The average molecular weight is 183 g/mol. The van der Waals surface area contributed by atoms with Gasteiger partial charge in [0.15, 0.2) is 0 Å². The molecule has 0 aliphatic heterocycles. The summed E-state index contributed by atoms with van der Waals surface area (Å²) in [4.78, 5) is 13.1. The third-order valence-electron chi connectivity index (χ3n) is 1.95. The van der Waals surface area contributed by atoms with Gasteiger partial charge in [-0.15, -0.1) is 0 Å². The first-order valence-electron chi connectivity index (χ1n) is 4.34. The number of likely N-dealkylation sites (N-methyl/N-ethyl adjacent to an activating group) is 2. The monoisotopic (exact) mass is 183 g/mol. The SMILES string of the molecule is CNC(C)C(=O)N(C)CC(C)C#N. The molecule has 0 rings (SSSR count). The molecule has 0 radical (unpaired) electrons. The lowest BCUT2D eigenvalue weighted by Gasteiger charge is -2.21. The standard InChI is InChI=1S/C9H17N3O/c1-7(5-10)6-12(4)9(13)8(2)11-3/h7-8,11H,6H2,1-4H3. The number of carbonyl (C=O) groups is 1. The van der Waals surface area contributed by atoms with Gasteiger partial charge in [0.1, 0.15) is 0 Å². The quantitative estimate of drug-likeness (QED) is 0.678. The zero-order chi connectivity index (χ0) is 10.4. The molecule has 0 aromatic heterocycles. The van der Waals surface area contributed by atoms with Crippen molar-refractivity contribution in [1.29, 1.82) is 5.26 Å². The first kappa shape index (κ1) is 11.9. The highest BCUT2D eigenvalue weighted by Crippen LogP contribution is 1.98. The molecule has 0 bridgehead atoms. The molecule has 1 amide bonds. The van der Waals surface area contributed by atoms with Crippen LogP contribution in [-0.4, -0.2) is 37.5 Å². The van der Waals surface area contributed by atoms with Gasteiger partial charge in [-0.2, -0.15) is 5.26 Å². The molecule has 13 heavy (non-hydrogen) atoms. The van der Waals surface area contributed by atoms with Crippen LogP contribution in [0.15, 0.2) is 0 Å². The maximum absolute atomic E-state index is 11.5. The minimum Gasteiger partial charge on any atom is -0.343 e. The Kier molecular flexibility index (Phi) is 5.09. The van der Waals surface area contributed by atoms with E-state index in [0.717, 1.165) is 0 Å². The van der Waals surface area contributed by atoms with Crippen LogP contribution in [0.3, 0.4) is 0 Å². The molecule has 4 heteroatoms. The topological polar surface area (TPSA) is 56.1 Å².